The van der Waals surface area contributed by atoms with Crippen LogP contribution in [0.4, 0.5) is 13.9 Å². The molecule has 0 spiro atoms. The normalized spacial score (nSPS) is 11.3. The van der Waals surface area contributed by atoms with E-state index in [-0.39, 0.29) is 5.56 Å². The van der Waals surface area contributed by atoms with E-state index in [1.807, 2.05) is 38.1 Å². The van der Waals surface area contributed by atoms with Crippen LogP contribution >= 0.6 is 11.3 Å². The molecule has 1 heterocycles. The van der Waals surface area contributed by atoms with E-state index in [0.29, 0.717) is 29.4 Å². The summed E-state index contributed by atoms with van der Waals surface area (Å²) < 4.78 is 33.9. The number of benzene rings is 2. The molecule has 3 rings (SSSR count). The van der Waals surface area contributed by atoms with Crippen molar-refractivity contribution in [2.75, 3.05) is 39.2 Å². The molecule has 0 radical (unpaired) electrons. The smallest absolute Gasteiger partial charge is 0.263 e. The molecule has 0 fully saturated rings. The second kappa shape index (κ2) is 8.84. The first-order chi connectivity index (χ1) is 13.8. The van der Waals surface area contributed by atoms with Gasteiger partial charge < -0.3 is 9.64 Å². The van der Waals surface area contributed by atoms with Gasteiger partial charge in [0.1, 0.15) is 22.9 Å². The van der Waals surface area contributed by atoms with E-state index < -0.39 is 17.5 Å². The minimum atomic E-state index is -0.887. The largest absolute Gasteiger partial charge is 0.494 e. The van der Waals surface area contributed by atoms with Crippen molar-refractivity contribution in [1.82, 2.24) is 9.88 Å². The molecule has 0 N–H and O–H groups in total. The van der Waals surface area contributed by atoms with Crippen molar-refractivity contribution >= 4 is 32.6 Å². The Hall–Kier alpha value is -2.58. The van der Waals surface area contributed by atoms with Crippen LogP contribution in [0.5, 0.6) is 5.75 Å². The Labute approximate surface area is 172 Å². The third-order valence-corrected chi connectivity index (χ3v) is 5.75. The van der Waals surface area contributed by atoms with E-state index in [1.54, 1.807) is 7.11 Å². The molecule has 3 aromatic rings. The monoisotopic (exact) mass is 419 g/mol. The molecular weight excluding hydrogens is 396 g/mol. The second-order valence-electron chi connectivity index (χ2n) is 7.00. The third kappa shape index (κ3) is 4.54. The zero-order valence-electron chi connectivity index (χ0n) is 16.8. The van der Waals surface area contributed by atoms with Crippen molar-refractivity contribution in [3.63, 3.8) is 0 Å². The highest BCUT2D eigenvalue weighted by molar-refractivity contribution is 7.22. The summed E-state index contributed by atoms with van der Waals surface area (Å²) in [4.78, 5) is 21.2. The number of thiazole rings is 1. The van der Waals surface area contributed by atoms with E-state index in [1.165, 1.54) is 22.3 Å². The molecule has 1 aromatic heterocycles. The van der Waals surface area contributed by atoms with Gasteiger partial charge in [0.25, 0.3) is 5.91 Å². The van der Waals surface area contributed by atoms with Gasteiger partial charge in [0.15, 0.2) is 5.13 Å². The molecule has 154 valence electrons. The molecule has 29 heavy (non-hydrogen) atoms. The SMILES string of the molecule is COc1ccc(C)c2sc(N(CCCN(C)C)C(=O)c3ccc(F)cc3F)nc12. The Morgan fingerprint density at radius 1 is 1.17 bits per heavy atom. The van der Waals surface area contributed by atoms with Gasteiger partial charge in [-0.1, -0.05) is 17.4 Å². The number of hydrogen-bond acceptors (Lipinski definition) is 5. The minimum Gasteiger partial charge on any atom is -0.494 e. The summed E-state index contributed by atoms with van der Waals surface area (Å²) in [5, 5.41) is 0.458. The maximum Gasteiger partial charge on any atom is 0.263 e. The van der Waals surface area contributed by atoms with Crippen LogP contribution in [0.3, 0.4) is 0 Å². The maximum atomic E-state index is 14.3. The molecule has 1 amide bonds. The van der Waals surface area contributed by atoms with Crippen molar-refractivity contribution in [2.45, 2.75) is 13.3 Å². The molecule has 0 bridgehead atoms. The number of rotatable bonds is 7. The van der Waals surface area contributed by atoms with Crippen molar-refractivity contribution in [2.24, 2.45) is 0 Å². The molecule has 0 atom stereocenters. The van der Waals surface area contributed by atoms with Crippen LogP contribution in [0.15, 0.2) is 30.3 Å². The number of aryl methyl sites for hydroxylation is 1. The van der Waals surface area contributed by atoms with Crippen molar-refractivity contribution in [3.05, 3.63) is 53.1 Å². The Morgan fingerprint density at radius 3 is 2.59 bits per heavy atom. The lowest BCUT2D eigenvalue weighted by Crippen LogP contribution is -2.34. The minimum absolute atomic E-state index is 0.181. The van der Waals surface area contributed by atoms with Crippen LogP contribution in [0, 0.1) is 18.6 Å². The van der Waals surface area contributed by atoms with Crippen LogP contribution < -0.4 is 9.64 Å². The highest BCUT2D eigenvalue weighted by Gasteiger charge is 2.25. The first-order valence-corrected chi connectivity index (χ1v) is 9.99. The van der Waals surface area contributed by atoms with E-state index >= 15 is 0 Å². The van der Waals surface area contributed by atoms with Crippen molar-refractivity contribution < 1.29 is 18.3 Å². The lowest BCUT2D eigenvalue weighted by atomic mass is 10.1. The number of halogens is 2. The summed E-state index contributed by atoms with van der Waals surface area (Å²) in [5.74, 6) is -1.54. The fourth-order valence-corrected chi connectivity index (χ4v) is 4.09. The summed E-state index contributed by atoms with van der Waals surface area (Å²) in [7, 11) is 5.45. The van der Waals surface area contributed by atoms with Crippen molar-refractivity contribution in [3.8, 4) is 5.75 Å². The first kappa shape index (κ1) is 21.1. The highest BCUT2D eigenvalue weighted by atomic mass is 32.1. The summed E-state index contributed by atoms with van der Waals surface area (Å²) in [6.45, 7) is 3.07. The van der Waals surface area contributed by atoms with Crippen LogP contribution in [0.2, 0.25) is 0 Å². The van der Waals surface area contributed by atoms with Gasteiger partial charge in [-0.15, -0.1) is 0 Å². The lowest BCUT2D eigenvalue weighted by Gasteiger charge is -2.21. The highest BCUT2D eigenvalue weighted by Crippen LogP contribution is 2.37. The molecule has 0 unspecified atom stereocenters. The predicted octanol–water partition coefficient (Wildman–Crippen LogP) is 4.49. The fourth-order valence-electron chi connectivity index (χ4n) is 3.02. The summed E-state index contributed by atoms with van der Waals surface area (Å²) >= 11 is 1.36. The summed E-state index contributed by atoms with van der Waals surface area (Å²) in [6.07, 6.45) is 0.674. The quantitative estimate of drug-likeness (QED) is 0.566. The topological polar surface area (TPSA) is 45.7 Å². The molecular formula is C21H23F2N3O2S. The van der Waals surface area contributed by atoms with E-state index in [4.69, 9.17) is 4.74 Å². The molecule has 2 aromatic carbocycles. The van der Waals surface area contributed by atoms with E-state index in [2.05, 4.69) is 4.98 Å². The Balaban J connectivity index is 2.04. The standard InChI is InChI=1S/C21H23F2N3O2S/c1-13-6-9-17(28-4)18-19(13)29-21(24-18)26(11-5-10-25(2)3)20(27)15-8-7-14(22)12-16(15)23/h6-9,12H,5,10-11H2,1-4H3. The zero-order chi connectivity index (χ0) is 21.1. The molecule has 8 heteroatoms. The number of ether oxygens (including phenoxy) is 1. The van der Waals surface area contributed by atoms with Gasteiger partial charge in [0, 0.05) is 12.6 Å². The predicted molar refractivity (Wildman–Crippen MR) is 112 cm³/mol. The number of nitrogens with zero attached hydrogens (tertiary/aromatic N) is 3. The van der Waals surface area contributed by atoms with Gasteiger partial charge in [-0.05, 0) is 57.7 Å². The van der Waals surface area contributed by atoms with Crippen molar-refractivity contribution in [1.29, 1.82) is 0 Å². The van der Waals surface area contributed by atoms with Gasteiger partial charge in [0.2, 0.25) is 0 Å². The van der Waals surface area contributed by atoms with E-state index in [0.717, 1.165) is 28.9 Å². The number of carbonyl (C=O) groups excluding carboxylic acids is 1. The number of carbonyl (C=O) groups is 1. The number of hydrogen-bond donors (Lipinski definition) is 0. The summed E-state index contributed by atoms with van der Waals surface area (Å²) in [6, 6.07) is 6.74. The van der Waals surface area contributed by atoms with Gasteiger partial charge in [0.05, 0.1) is 17.4 Å². The number of aromatic nitrogens is 1. The number of methoxy groups -OCH3 is 1. The van der Waals surface area contributed by atoms with Crippen LogP contribution in [-0.4, -0.2) is 50.1 Å². The molecule has 0 saturated carbocycles. The van der Waals surface area contributed by atoms with Gasteiger partial charge >= 0.3 is 0 Å². The summed E-state index contributed by atoms with van der Waals surface area (Å²) in [5.41, 5.74) is 1.50. The number of fused-ring (bicyclic) bond motifs is 1. The molecule has 5 nitrogen and oxygen atoms in total. The lowest BCUT2D eigenvalue weighted by molar-refractivity contribution is 0.0982. The average molecular weight is 419 g/mol. The van der Waals surface area contributed by atoms with Gasteiger partial charge in [-0.2, -0.15) is 0 Å². The first-order valence-electron chi connectivity index (χ1n) is 9.17. The average Bonchev–Trinajstić information content (AvgIpc) is 3.11. The molecule has 0 aliphatic carbocycles. The Morgan fingerprint density at radius 2 is 1.93 bits per heavy atom. The number of anilines is 1. The zero-order valence-corrected chi connectivity index (χ0v) is 17.6. The molecule has 0 saturated heterocycles. The van der Waals surface area contributed by atoms with Crippen LogP contribution in [-0.2, 0) is 0 Å². The van der Waals surface area contributed by atoms with Gasteiger partial charge in [-0.3, -0.25) is 9.69 Å². The van der Waals surface area contributed by atoms with Crippen LogP contribution in [0.1, 0.15) is 22.3 Å². The number of amides is 1. The van der Waals surface area contributed by atoms with E-state index in [9.17, 15) is 13.6 Å². The Kier molecular flexibility index (Phi) is 6.44. The van der Waals surface area contributed by atoms with Crippen LogP contribution in [0.25, 0.3) is 10.2 Å². The molecule has 0 aliphatic rings. The fraction of sp³-hybridized carbons (Fsp3) is 0.333. The Bertz CT molecular complexity index is 1040. The molecule has 0 aliphatic heterocycles. The second-order valence-corrected chi connectivity index (χ2v) is 7.97. The maximum absolute atomic E-state index is 14.3. The third-order valence-electron chi connectivity index (χ3n) is 4.54. The van der Waals surface area contributed by atoms with Gasteiger partial charge in [-0.25, -0.2) is 13.8 Å².